The molecule has 0 aliphatic carbocycles. The lowest BCUT2D eigenvalue weighted by Gasteiger charge is -2.32. The first-order chi connectivity index (χ1) is 14.2. The van der Waals surface area contributed by atoms with Crippen LogP contribution in [0.5, 0.6) is 5.75 Å². The maximum absolute atomic E-state index is 11.8. The molecule has 0 unspecified atom stereocenters. The van der Waals surface area contributed by atoms with Crippen LogP contribution < -0.4 is 10.2 Å². The molecule has 158 valence electrons. The topological polar surface area (TPSA) is 54.0 Å². The molecule has 1 aliphatic rings. The molecular weight excluding hydrogens is 379 g/mol. The van der Waals surface area contributed by atoms with Crippen molar-refractivity contribution in [1.82, 2.24) is 0 Å². The number of hydrogen-bond acceptors (Lipinski definition) is 5. The molecular formula is C24H29BO5. The van der Waals surface area contributed by atoms with Crippen LogP contribution in [0.1, 0.15) is 45.7 Å². The molecule has 1 fully saturated rings. The Bertz CT molecular complexity index is 889. The lowest BCUT2D eigenvalue weighted by atomic mass is 9.75. The van der Waals surface area contributed by atoms with Crippen molar-refractivity contribution in [3.8, 4) is 5.75 Å². The molecule has 0 aromatic heterocycles. The number of carbonyl (C=O) groups excluding carboxylic acids is 1. The summed E-state index contributed by atoms with van der Waals surface area (Å²) in [5, 5.41) is 0. The molecule has 0 N–H and O–H groups in total. The van der Waals surface area contributed by atoms with E-state index in [2.05, 4.69) is 0 Å². The zero-order chi connectivity index (χ0) is 21.8. The van der Waals surface area contributed by atoms with Crippen LogP contribution in [0.25, 0.3) is 6.08 Å². The highest BCUT2D eigenvalue weighted by molar-refractivity contribution is 6.63. The standard InChI is InChI=1S/C24H29BO5/c1-6-27-22(26)15-12-19-16-20(28-17-18-10-8-7-9-11-18)13-14-21(19)25-29-23(2,3)24(4,5)30-25/h7-16H,6,17H2,1-5H3. The van der Waals surface area contributed by atoms with Gasteiger partial charge in [-0.25, -0.2) is 4.79 Å². The number of ether oxygens (including phenoxy) is 2. The first-order valence-electron chi connectivity index (χ1n) is 10.2. The second-order valence-corrected chi connectivity index (χ2v) is 8.24. The van der Waals surface area contributed by atoms with E-state index in [0.29, 0.717) is 19.0 Å². The van der Waals surface area contributed by atoms with Gasteiger partial charge >= 0.3 is 13.1 Å². The number of benzene rings is 2. The number of rotatable bonds is 7. The first-order valence-corrected chi connectivity index (χ1v) is 10.2. The van der Waals surface area contributed by atoms with Gasteiger partial charge in [0.15, 0.2) is 0 Å². The van der Waals surface area contributed by atoms with Crippen LogP contribution in [0.15, 0.2) is 54.6 Å². The van der Waals surface area contributed by atoms with Gasteiger partial charge in [-0.15, -0.1) is 0 Å². The minimum Gasteiger partial charge on any atom is -0.489 e. The Hall–Kier alpha value is -2.57. The Morgan fingerprint density at radius 3 is 2.33 bits per heavy atom. The predicted molar refractivity (Wildman–Crippen MR) is 119 cm³/mol. The van der Waals surface area contributed by atoms with Crippen LogP contribution in [0.3, 0.4) is 0 Å². The Balaban J connectivity index is 1.87. The van der Waals surface area contributed by atoms with Gasteiger partial charge in [-0.1, -0.05) is 36.4 Å². The summed E-state index contributed by atoms with van der Waals surface area (Å²) in [6.07, 6.45) is 3.13. The number of hydrogen-bond donors (Lipinski definition) is 0. The summed E-state index contributed by atoms with van der Waals surface area (Å²) < 4.78 is 23.4. The molecule has 2 aromatic rings. The highest BCUT2D eigenvalue weighted by Crippen LogP contribution is 2.37. The third-order valence-corrected chi connectivity index (χ3v) is 5.50. The second kappa shape index (κ2) is 9.06. The van der Waals surface area contributed by atoms with Gasteiger partial charge in [0.05, 0.1) is 17.8 Å². The summed E-state index contributed by atoms with van der Waals surface area (Å²) in [6, 6.07) is 15.7. The van der Waals surface area contributed by atoms with E-state index >= 15 is 0 Å². The Kier molecular flexibility index (Phi) is 6.69. The van der Waals surface area contributed by atoms with Gasteiger partial charge < -0.3 is 18.8 Å². The molecule has 1 heterocycles. The maximum atomic E-state index is 11.8. The largest absolute Gasteiger partial charge is 0.495 e. The molecule has 3 rings (SSSR count). The van der Waals surface area contributed by atoms with Gasteiger partial charge in [-0.2, -0.15) is 0 Å². The molecule has 2 aromatic carbocycles. The van der Waals surface area contributed by atoms with E-state index in [0.717, 1.165) is 16.6 Å². The Labute approximate surface area is 179 Å². The van der Waals surface area contributed by atoms with Gasteiger partial charge in [0.1, 0.15) is 12.4 Å². The van der Waals surface area contributed by atoms with Crippen LogP contribution in [0, 0.1) is 0 Å². The number of carbonyl (C=O) groups is 1. The van der Waals surface area contributed by atoms with E-state index in [1.54, 1.807) is 13.0 Å². The van der Waals surface area contributed by atoms with Crippen LogP contribution in [0.2, 0.25) is 0 Å². The fraction of sp³-hybridized carbons (Fsp3) is 0.375. The molecule has 30 heavy (non-hydrogen) atoms. The normalized spacial score (nSPS) is 17.3. The first kappa shape index (κ1) is 22.1. The highest BCUT2D eigenvalue weighted by atomic mass is 16.7. The molecule has 5 nitrogen and oxygen atoms in total. The van der Waals surface area contributed by atoms with Gasteiger partial charge in [0.2, 0.25) is 0 Å². The monoisotopic (exact) mass is 408 g/mol. The van der Waals surface area contributed by atoms with E-state index in [-0.39, 0.29) is 0 Å². The van der Waals surface area contributed by atoms with E-state index < -0.39 is 24.3 Å². The molecule has 0 amide bonds. The van der Waals surface area contributed by atoms with Gasteiger partial charge in [-0.05, 0) is 69.4 Å². The molecule has 0 spiro atoms. The Morgan fingerprint density at radius 1 is 1.03 bits per heavy atom. The van der Waals surface area contributed by atoms with Crippen LogP contribution >= 0.6 is 0 Å². The second-order valence-electron chi connectivity index (χ2n) is 8.24. The zero-order valence-electron chi connectivity index (χ0n) is 18.3. The highest BCUT2D eigenvalue weighted by Gasteiger charge is 2.52. The summed E-state index contributed by atoms with van der Waals surface area (Å²) in [4.78, 5) is 11.8. The summed E-state index contributed by atoms with van der Waals surface area (Å²) in [5.74, 6) is 0.301. The van der Waals surface area contributed by atoms with Crippen molar-refractivity contribution < 1.29 is 23.6 Å². The molecule has 0 radical (unpaired) electrons. The molecule has 0 bridgehead atoms. The van der Waals surface area contributed by atoms with Crippen molar-refractivity contribution >= 4 is 24.6 Å². The molecule has 0 atom stereocenters. The summed E-state index contributed by atoms with van der Waals surface area (Å²) >= 11 is 0. The lowest BCUT2D eigenvalue weighted by Crippen LogP contribution is -2.41. The Morgan fingerprint density at radius 2 is 1.70 bits per heavy atom. The van der Waals surface area contributed by atoms with Gasteiger partial charge in [0.25, 0.3) is 0 Å². The maximum Gasteiger partial charge on any atom is 0.495 e. The van der Waals surface area contributed by atoms with Crippen molar-refractivity contribution in [3.05, 3.63) is 65.7 Å². The fourth-order valence-electron chi connectivity index (χ4n) is 3.06. The quantitative estimate of drug-likeness (QED) is 0.392. The molecule has 1 aliphatic heterocycles. The van der Waals surface area contributed by atoms with Crippen molar-refractivity contribution in [2.24, 2.45) is 0 Å². The SMILES string of the molecule is CCOC(=O)C=Cc1cc(OCc2ccccc2)ccc1B1OC(C)(C)C(C)(C)O1. The molecule has 1 saturated heterocycles. The van der Waals surface area contributed by atoms with Crippen molar-refractivity contribution in [3.63, 3.8) is 0 Å². The van der Waals surface area contributed by atoms with E-state index in [9.17, 15) is 4.79 Å². The molecule has 0 saturated carbocycles. The minimum absolute atomic E-state index is 0.327. The third kappa shape index (κ3) is 5.13. The average Bonchev–Trinajstić information content (AvgIpc) is 2.93. The van der Waals surface area contributed by atoms with Crippen molar-refractivity contribution in [2.45, 2.75) is 52.4 Å². The van der Waals surface area contributed by atoms with Crippen molar-refractivity contribution in [1.29, 1.82) is 0 Å². The van der Waals surface area contributed by atoms with E-state index in [1.165, 1.54) is 6.08 Å². The smallest absolute Gasteiger partial charge is 0.489 e. The van der Waals surface area contributed by atoms with Crippen LogP contribution in [0.4, 0.5) is 0 Å². The van der Waals surface area contributed by atoms with Crippen LogP contribution in [-0.4, -0.2) is 30.9 Å². The van der Waals surface area contributed by atoms with Crippen LogP contribution in [-0.2, 0) is 25.4 Å². The van der Waals surface area contributed by atoms with Gasteiger partial charge in [0, 0.05) is 6.08 Å². The van der Waals surface area contributed by atoms with E-state index in [1.807, 2.05) is 76.2 Å². The summed E-state index contributed by atoms with van der Waals surface area (Å²) in [7, 11) is -0.542. The molecule has 6 heteroatoms. The fourth-order valence-corrected chi connectivity index (χ4v) is 3.06. The minimum atomic E-state index is -0.542. The number of esters is 1. The predicted octanol–water partition coefficient (Wildman–Crippen LogP) is 4.14. The summed E-state index contributed by atoms with van der Waals surface area (Å²) in [6.45, 7) is 10.6. The lowest BCUT2D eigenvalue weighted by molar-refractivity contribution is -0.137. The van der Waals surface area contributed by atoms with E-state index in [4.69, 9.17) is 18.8 Å². The van der Waals surface area contributed by atoms with Gasteiger partial charge in [-0.3, -0.25) is 0 Å². The zero-order valence-corrected chi connectivity index (χ0v) is 18.3. The average molecular weight is 408 g/mol. The van der Waals surface area contributed by atoms with Crippen molar-refractivity contribution in [2.75, 3.05) is 6.61 Å². The summed E-state index contributed by atoms with van der Waals surface area (Å²) in [5.41, 5.74) is 1.79. The third-order valence-electron chi connectivity index (χ3n) is 5.50.